The van der Waals surface area contributed by atoms with Crippen LogP contribution in [0, 0.1) is 5.41 Å². The number of rotatable bonds is 6. The summed E-state index contributed by atoms with van der Waals surface area (Å²) in [7, 11) is 1.44. The summed E-state index contributed by atoms with van der Waals surface area (Å²) in [6.45, 7) is 6.60. The van der Waals surface area contributed by atoms with Crippen molar-refractivity contribution in [2.24, 2.45) is 5.41 Å². The van der Waals surface area contributed by atoms with Gasteiger partial charge in [-0.15, -0.1) is 0 Å². The standard InChI is InChI=1S/C20H28N2O5/c1-19(2,3)15-7-5-14(6-8-15)17(24)21-11-16(23)22-10-9-20(12-22,13-27-4)18(25)26/h5-8H,9-13H2,1-4H3,(H,21,24)(H,25,26). The number of carboxylic acids is 1. The lowest BCUT2D eigenvalue weighted by Gasteiger charge is -2.23. The van der Waals surface area contributed by atoms with Gasteiger partial charge in [0, 0.05) is 25.8 Å². The van der Waals surface area contributed by atoms with Gasteiger partial charge in [-0.05, 0) is 29.5 Å². The number of hydrogen-bond acceptors (Lipinski definition) is 4. The van der Waals surface area contributed by atoms with Crippen LogP contribution in [-0.4, -0.2) is 61.1 Å². The minimum Gasteiger partial charge on any atom is -0.481 e. The van der Waals surface area contributed by atoms with E-state index in [-0.39, 0.29) is 36.9 Å². The highest BCUT2D eigenvalue weighted by molar-refractivity contribution is 5.96. The maximum Gasteiger partial charge on any atom is 0.313 e. The Bertz CT molecular complexity index is 708. The molecule has 1 aliphatic heterocycles. The van der Waals surface area contributed by atoms with E-state index in [0.29, 0.717) is 18.5 Å². The molecule has 27 heavy (non-hydrogen) atoms. The van der Waals surface area contributed by atoms with Crippen molar-refractivity contribution in [2.45, 2.75) is 32.6 Å². The zero-order chi connectivity index (χ0) is 20.2. The summed E-state index contributed by atoms with van der Waals surface area (Å²) < 4.78 is 5.02. The highest BCUT2D eigenvalue weighted by Crippen LogP contribution is 2.31. The van der Waals surface area contributed by atoms with E-state index in [1.807, 2.05) is 12.1 Å². The Labute approximate surface area is 159 Å². The van der Waals surface area contributed by atoms with Crippen LogP contribution in [0.15, 0.2) is 24.3 Å². The molecule has 2 amide bonds. The van der Waals surface area contributed by atoms with Gasteiger partial charge >= 0.3 is 5.97 Å². The number of likely N-dealkylation sites (tertiary alicyclic amines) is 1. The molecule has 1 atom stereocenters. The molecule has 1 saturated heterocycles. The number of carboxylic acid groups (broad SMARTS) is 1. The fourth-order valence-electron chi connectivity index (χ4n) is 3.21. The summed E-state index contributed by atoms with van der Waals surface area (Å²) in [4.78, 5) is 37.6. The van der Waals surface area contributed by atoms with Crippen LogP contribution in [0.1, 0.15) is 43.1 Å². The molecule has 1 aromatic rings. The van der Waals surface area contributed by atoms with Gasteiger partial charge in [0.2, 0.25) is 5.91 Å². The molecule has 148 valence electrons. The third-order valence-electron chi connectivity index (χ3n) is 4.99. The lowest BCUT2D eigenvalue weighted by Crippen LogP contribution is -2.43. The molecule has 0 bridgehead atoms. The van der Waals surface area contributed by atoms with Crippen molar-refractivity contribution in [1.82, 2.24) is 10.2 Å². The summed E-state index contributed by atoms with van der Waals surface area (Å²) >= 11 is 0. The van der Waals surface area contributed by atoms with Crippen molar-refractivity contribution in [3.05, 3.63) is 35.4 Å². The van der Waals surface area contributed by atoms with Crippen LogP contribution in [0.2, 0.25) is 0 Å². The smallest absolute Gasteiger partial charge is 0.313 e. The van der Waals surface area contributed by atoms with Gasteiger partial charge in [-0.2, -0.15) is 0 Å². The third kappa shape index (κ3) is 4.86. The van der Waals surface area contributed by atoms with E-state index in [0.717, 1.165) is 5.56 Å². The molecular formula is C20H28N2O5. The number of nitrogens with one attached hydrogen (secondary N) is 1. The minimum absolute atomic E-state index is 0.000429. The molecular weight excluding hydrogens is 348 g/mol. The van der Waals surface area contributed by atoms with Gasteiger partial charge in [-0.1, -0.05) is 32.9 Å². The average Bonchev–Trinajstić information content (AvgIpc) is 3.05. The number of carbonyl (C=O) groups excluding carboxylic acids is 2. The highest BCUT2D eigenvalue weighted by atomic mass is 16.5. The minimum atomic E-state index is -1.07. The van der Waals surface area contributed by atoms with Crippen molar-refractivity contribution >= 4 is 17.8 Å². The van der Waals surface area contributed by atoms with Crippen molar-refractivity contribution < 1.29 is 24.2 Å². The summed E-state index contributed by atoms with van der Waals surface area (Å²) in [6, 6.07) is 7.29. The highest BCUT2D eigenvalue weighted by Gasteiger charge is 2.46. The molecule has 0 aromatic heterocycles. The number of nitrogens with zero attached hydrogens (tertiary/aromatic N) is 1. The zero-order valence-electron chi connectivity index (χ0n) is 16.4. The average molecular weight is 376 g/mol. The Morgan fingerprint density at radius 1 is 1.22 bits per heavy atom. The molecule has 0 saturated carbocycles. The molecule has 1 fully saturated rings. The molecule has 7 heteroatoms. The Morgan fingerprint density at radius 3 is 2.37 bits per heavy atom. The normalized spacial score (nSPS) is 19.8. The van der Waals surface area contributed by atoms with Crippen LogP contribution >= 0.6 is 0 Å². The molecule has 7 nitrogen and oxygen atoms in total. The molecule has 0 radical (unpaired) electrons. The molecule has 2 rings (SSSR count). The number of amides is 2. The van der Waals surface area contributed by atoms with Gasteiger partial charge < -0.3 is 20.1 Å². The molecule has 1 aromatic carbocycles. The second-order valence-electron chi connectivity index (χ2n) is 8.09. The molecule has 1 aliphatic rings. The number of ether oxygens (including phenoxy) is 1. The number of aliphatic carboxylic acids is 1. The van der Waals surface area contributed by atoms with E-state index in [1.54, 1.807) is 12.1 Å². The van der Waals surface area contributed by atoms with Crippen LogP contribution in [0.25, 0.3) is 0 Å². The molecule has 1 heterocycles. The van der Waals surface area contributed by atoms with Crippen LogP contribution in [0.4, 0.5) is 0 Å². The fraction of sp³-hybridized carbons (Fsp3) is 0.550. The first-order valence-corrected chi connectivity index (χ1v) is 8.98. The quantitative estimate of drug-likeness (QED) is 0.787. The number of benzene rings is 1. The van der Waals surface area contributed by atoms with Gasteiger partial charge in [0.05, 0.1) is 13.2 Å². The summed E-state index contributed by atoms with van der Waals surface area (Å²) in [6.07, 6.45) is 0.337. The lowest BCUT2D eigenvalue weighted by molar-refractivity contribution is -0.151. The van der Waals surface area contributed by atoms with Crippen molar-refractivity contribution in [1.29, 1.82) is 0 Å². The van der Waals surface area contributed by atoms with Gasteiger partial charge in [-0.3, -0.25) is 14.4 Å². The van der Waals surface area contributed by atoms with Crippen LogP contribution in [0.5, 0.6) is 0 Å². The van der Waals surface area contributed by atoms with Crippen molar-refractivity contribution in [3.8, 4) is 0 Å². The molecule has 0 aliphatic carbocycles. The molecule has 1 unspecified atom stereocenters. The molecule has 2 N–H and O–H groups in total. The van der Waals surface area contributed by atoms with Gasteiger partial charge in [0.25, 0.3) is 5.91 Å². The van der Waals surface area contributed by atoms with E-state index >= 15 is 0 Å². The van der Waals surface area contributed by atoms with E-state index < -0.39 is 11.4 Å². The number of methoxy groups -OCH3 is 1. The van der Waals surface area contributed by atoms with Gasteiger partial charge in [0.15, 0.2) is 0 Å². The predicted octanol–water partition coefficient (Wildman–Crippen LogP) is 1.66. The Morgan fingerprint density at radius 2 is 1.85 bits per heavy atom. The number of hydrogen-bond donors (Lipinski definition) is 2. The first kappa shape index (κ1) is 20.9. The number of carbonyl (C=O) groups is 3. The Hall–Kier alpha value is -2.41. The van der Waals surface area contributed by atoms with Gasteiger partial charge in [0.1, 0.15) is 5.41 Å². The summed E-state index contributed by atoms with van der Waals surface area (Å²) in [5.74, 6) is -1.60. The Kier molecular flexibility index (Phi) is 6.26. The van der Waals surface area contributed by atoms with Crippen LogP contribution in [0.3, 0.4) is 0 Å². The van der Waals surface area contributed by atoms with E-state index in [1.165, 1.54) is 12.0 Å². The zero-order valence-corrected chi connectivity index (χ0v) is 16.4. The van der Waals surface area contributed by atoms with E-state index in [2.05, 4.69) is 26.1 Å². The topological polar surface area (TPSA) is 95.9 Å². The SMILES string of the molecule is COCC1(C(=O)O)CCN(C(=O)CNC(=O)c2ccc(C(C)(C)C)cc2)C1. The maximum atomic E-state index is 12.4. The molecule has 0 spiro atoms. The summed E-state index contributed by atoms with van der Waals surface area (Å²) in [5.41, 5.74) is 0.531. The lowest BCUT2D eigenvalue weighted by atomic mass is 9.87. The first-order chi connectivity index (χ1) is 12.6. The largest absolute Gasteiger partial charge is 0.481 e. The second-order valence-corrected chi connectivity index (χ2v) is 8.09. The predicted molar refractivity (Wildman–Crippen MR) is 101 cm³/mol. The Balaban J connectivity index is 1.92. The van der Waals surface area contributed by atoms with Crippen LogP contribution in [-0.2, 0) is 19.7 Å². The second kappa shape index (κ2) is 8.08. The van der Waals surface area contributed by atoms with Crippen LogP contribution < -0.4 is 5.32 Å². The van der Waals surface area contributed by atoms with Crippen molar-refractivity contribution in [2.75, 3.05) is 33.4 Å². The monoisotopic (exact) mass is 376 g/mol. The fourth-order valence-corrected chi connectivity index (χ4v) is 3.21. The van der Waals surface area contributed by atoms with E-state index in [9.17, 15) is 19.5 Å². The first-order valence-electron chi connectivity index (χ1n) is 8.98. The summed E-state index contributed by atoms with van der Waals surface area (Å²) in [5, 5.41) is 12.1. The van der Waals surface area contributed by atoms with E-state index in [4.69, 9.17) is 4.74 Å². The third-order valence-corrected chi connectivity index (χ3v) is 4.99. The van der Waals surface area contributed by atoms with Crippen molar-refractivity contribution in [3.63, 3.8) is 0 Å². The maximum absolute atomic E-state index is 12.4. The van der Waals surface area contributed by atoms with Gasteiger partial charge in [-0.25, -0.2) is 0 Å².